The van der Waals surface area contributed by atoms with Crippen molar-refractivity contribution in [3.8, 4) is 5.75 Å². The molecule has 0 spiro atoms. The highest BCUT2D eigenvalue weighted by Gasteiger charge is 2.07. The van der Waals surface area contributed by atoms with Gasteiger partial charge in [0.2, 0.25) is 9.47 Å². The van der Waals surface area contributed by atoms with E-state index in [9.17, 15) is 0 Å². The second kappa shape index (κ2) is 4.97. The maximum Gasteiger partial charge on any atom is 0.201 e. The number of aromatic nitrogens is 3. The second-order valence-electron chi connectivity index (χ2n) is 3.17. The summed E-state index contributed by atoms with van der Waals surface area (Å²) in [5, 5.41) is 7.81. The smallest absolute Gasteiger partial charge is 0.201 e. The number of halogens is 2. The van der Waals surface area contributed by atoms with Gasteiger partial charge in [0.1, 0.15) is 5.75 Å². The van der Waals surface area contributed by atoms with Gasteiger partial charge in [-0.15, -0.1) is 10.2 Å². The molecule has 0 bridgehead atoms. The molecule has 4 nitrogen and oxygen atoms in total. The maximum atomic E-state index is 5.10. The molecule has 0 fully saturated rings. The van der Waals surface area contributed by atoms with Crippen LogP contribution in [0.15, 0.2) is 33.7 Å². The van der Waals surface area contributed by atoms with Gasteiger partial charge in [0.25, 0.3) is 0 Å². The molecule has 0 aliphatic heterocycles. The van der Waals surface area contributed by atoms with Gasteiger partial charge in [0, 0.05) is 0 Å². The summed E-state index contributed by atoms with van der Waals surface area (Å²) >= 11 is 6.67. The molecule has 0 saturated carbocycles. The van der Waals surface area contributed by atoms with Gasteiger partial charge in [-0.05, 0) is 49.6 Å². The Morgan fingerprint density at radius 2 is 1.69 bits per heavy atom. The van der Waals surface area contributed by atoms with Gasteiger partial charge in [-0.2, -0.15) is 0 Å². The SMILES string of the molecule is COc1ccc(Cn2c(Br)nnc2Br)cc1. The van der Waals surface area contributed by atoms with E-state index >= 15 is 0 Å². The molecule has 1 aromatic carbocycles. The molecule has 2 aromatic rings. The van der Waals surface area contributed by atoms with Crippen molar-refractivity contribution in [2.75, 3.05) is 7.11 Å². The van der Waals surface area contributed by atoms with Gasteiger partial charge in [-0.25, -0.2) is 0 Å². The van der Waals surface area contributed by atoms with Crippen LogP contribution in [0.5, 0.6) is 5.75 Å². The lowest BCUT2D eigenvalue weighted by Crippen LogP contribution is -2.00. The molecule has 6 heteroatoms. The molecule has 0 radical (unpaired) electrons. The van der Waals surface area contributed by atoms with Gasteiger partial charge in [0.05, 0.1) is 13.7 Å². The topological polar surface area (TPSA) is 39.9 Å². The molecule has 0 aliphatic carbocycles. The quantitative estimate of drug-likeness (QED) is 0.857. The highest BCUT2D eigenvalue weighted by molar-refractivity contribution is 9.11. The molecule has 0 N–H and O–H groups in total. The standard InChI is InChI=1S/C10H9Br2N3O/c1-16-8-4-2-7(3-5-8)6-15-9(11)13-14-10(15)12/h2-5H,6H2,1H3. The zero-order valence-corrected chi connectivity index (χ0v) is 11.7. The first-order valence-electron chi connectivity index (χ1n) is 4.58. The van der Waals surface area contributed by atoms with Crippen molar-refractivity contribution in [1.82, 2.24) is 14.8 Å². The lowest BCUT2D eigenvalue weighted by molar-refractivity contribution is 0.414. The van der Waals surface area contributed by atoms with Crippen molar-refractivity contribution in [2.24, 2.45) is 0 Å². The zero-order chi connectivity index (χ0) is 11.5. The molecule has 0 amide bonds. The van der Waals surface area contributed by atoms with E-state index in [1.54, 1.807) is 7.11 Å². The zero-order valence-electron chi connectivity index (χ0n) is 8.52. The summed E-state index contributed by atoms with van der Waals surface area (Å²) in [6.45, 7) is 0.707. The lowest BCUT2D eigenvalue weighted by atomic mass is 10.2. The molecule has 1 heterocycles. The van der Waals surface area contributed by atoms with E-state index in [1.807, 2.05) is 28.8 Å². The number of hydrogen-bond donors (Lipinski definition) is 0. The molecular formula is C10H9Br2N3O. The largest absolute Gasteiger partial charge is 0.497 e. The lowest BCUT2D eigenvalue weighted by Gasteiger charge is -2.05. The van der Waals surface area contributed by atoms with E-state index in [1.165, 1.54) is 0 Å². The van der Waals surface area contributed by atoms with Crippen LogP contribution in [0.2, 0.25) is 0 Å². The van der Waals surface area contributed by atoms with Crippen molar-refractivity contribution in [1.29, 1.82) is 0 Å². The number of hydrogen-bond acceptors (Lipinski definition) is 3. The van der Waals surface area contributed by atoms with Gasteiger partial charge < -0.3 is 4.74 Å². The predicted octanol–water partition coefficient (Wildman–Crippen LogP) is 2.86. The van der Waals surface area contributed by atoms with Crippen LogP contribution in [0.25, 0.3) is 0 Å². The average Bonchev–Trinajstić information content (AvgIpc) is 2.62. The van der Waals surface area contributed by atoms with Crippen molar-refractivity contribution in [2.45, 2.75) is 6.54 Å². The summed E-state index contributed by atoms with van der Waals surface area (Å²) in [6, 6.07) is 7.89. The summed E-state index contributed by atoms with van der Waals surface area (Å²) in [5.41, 5.74) is 1.15. The Balaban J connectivity index is 2.20. The van der Waals surface area contributed by atoms with Crippen LogP contribution in [0.3, 0.4) is 0 Å². The summed E-state index contributed by atoms with van der Waals surface area (Å²) in [7, 11) is 1.65. The van der Waals surface area contributed by atoms with Crippen molar-refractivity contribution < 1.29 is 4.74 Å². The van der Waals surface area contributed by atoms with Crippen LogP contribution in [-0.4, -0.2) is 21.9 Å². The summed E-state index contributed by atoms with van der Waals surface area (Å²) in [6.07, 6.45) is 0. The monoisotopic (exact) mass is 345 g/mol. The van der Waals surface area contributed by atoms with Crippen LogP contribution >= 0.6 is 31.9 Å². The second-order valence-corrected chi connectivity index (χ2v) is 4.59. The maximum absolute atomic E-state index is 5.10. The normalized spacial score (nSPS) is 10.4. The van der Waals surface area contributed by atoms with Crippen LogP contribution in [0.4, 0.5) is 0 Å². The highest BCUT2D eigenvalue weighted by atomic mass is 79.9. The third-order valence-electron chi connectivity index (χ3n) is 2.16. The number of benzene rings is 1. The van der Waals surface area contributed by atoms with Gasteiger partial charge in [-0.1, -0.05) is 12.1 Å². The van der Waals surface area contributed by atoms with E-state index in [0.29, 0.717) is 16.0 Å². The summed E-state index contributed by atoms with van der Waals surface area (Å²) < 4.78 is 8.43. The van der Waals surface area contributed by atoms with E-state index in [4.69, 9.17) is 4.74 Å². The van der Waals surface area contributed by atoms with E-state index in [0.717, 1.165) is 11.3 Å². The van der Waals surface area contributed by atoms with Crippen molar-refractivity contribution >= 4 is 31.9 Å². The molecule has 84 valence electrons. The molecule has 16 heavy (non-hydrogen) atoms. The Labute approximate surface area is 110 Å². The van der Waals surface area contributed by atoms with E-state index < -0.39 is 0 Å². The number of methoxy groups -OCH3 is 1. The van der Waals surface area contributed by atoms with Gasteiger partial charge >= 0.3 is 0 Å². The summed E-state index contributed by atoms with van der Waals surface area (Å²) in [4.78, 5) is 0. The fourth-order valence-electron chi connectivity index (χ4n) is 1.31. The third kappa shape index (κ3) is 2.44. The van der Waals surface area contributed by atoms with Crippen molar-refractivity contribution in [3.63, 3.8) is 0 Å². The number of nitrogens with zero attached hydrogens (tertiary/aromatic N) is 3. The minimum Gasteiger partial charge on any atom is -0.497 e. The number of rotatable bonds is 3. The molecule has 1 aromatic heterocycles. The predicted molar refractivity (Wildman–Crippen MR) is 67.5 cm³/mol. The average molecular weight is 347 g/mol. The van der Waals surface area contributed by atoms with Crippen molar-refractivity contribution in [3.05, 3.63) is 39.3 Å². The molecule has 0 aliphatic rings. The minimum absolute atomic E-state index is 0.704. The number of ether oxygens (including phenoxy) is 1. The van der Waals surface area contributed by atoms with Gasteiger partial charge in [-0.3, -0.25) is 4.57 Å². The Morgan fingerprint density at radius 1 is 1.12 bits per heavy atom. The molecule has 2 rings (SSSR count). The fourth-order valence-corrected chi connectivity index (χ4v) is 2.29. The first-order chi connectivity index (χ1) is 7.70. The first-order valence-corrected chi connectivity index (χ1v) is 6.16. The molecule has 0 saturated heterocycles. The van der Waals surface area contributed by atoms with Crippen LogP contribution in [-0.2, 0) is 6.54 Å². The fraction of sp³-hybridized carbons (Fsp3) is 0.200. The highest BCUT2D eigenvalue weighted by Crippen LogP contribution is 2.18. The Kier molecular flexibility index (Phi) is 3.60. The molecule has 0 unspecified atom stereocenters. The van der Waals surface area contributed by atoms with Crippen LogP contribution in [0.1, 0.15) is 5.56 Å². The van der Waals surface area contributed by atoms with Gasteiger partial charge in [0.15, 0.2) is 0 Å². The van der Waals surface area contributed by atoms with E-state index in [-0.39, 0.29) is 0 Å². The molecule has 0 atom stereocenters. The summed E-state index contributed by atoms with van der Waals surface area (Å²) in [5.74, 6) is 0.852. The Bertz CT molecular complexity index is 462. The van der Waals surface area contributed by atoms with Crippen LogP contribution < -0.4 is 4.74 Å². The molecular weight excluding hydrogens is 338 g/mol. The Hall–Kier alpha value is -0.880. The Morgan fingerprint density at radius 3 is 2.19 bits per heavy atom. The first kappa shape index (κ1) is 11.6. The third-order valence-corrected chi connectivity index (χ3v) is 3.33. The van der Waals surface area contributed by atoms with E-state index in [2.05, 4.69) is 42.1 Å². The minimum atomic E-state index is 0.704. The van der Waals surface area contributed by atoms with Crippen LogP contribution in [0, 0.1) is 0 Å².